The van der Waals surface area contributed by atoms with Gasteiger partial charge in [-0.2, -0.15) is 0 Å². The smallest absolute Gasteiger partial charge is 0.309 e. The van der Waals surface area contributed by atoms with Crippen LogP contribution < -0.4 is 0 Å². The lowest BCUT2D eigenvalue weighted by Gasteiger charge is -1.96. The van der Waals surface area contributed by atoms with Gasteiger partial charge in [0.05, 0.1) is 13.0 Å². The molecule has 4 nitrogen and oxygen atoms in total. The molecule has 0 aliphatic carbocycles. The predicted molar refractivity (Wildman–Crippen MR) is 57.3 cm³/mol. The maximum atomic E-state index is 11.0. The van der Waals surface area contributed by atoms with Crippen LogP contribution in [-0.2, 0) is 9.53 Å². The van der Waals surface area contributed by atoms with E-state index < -0.39 is 0 Å². The molecule has 0 N–H and O–H groups in total. The average molecular weight is 227 g/mol. The summed E-state index contributed by atoms with van der Waals surface area (Å²) in [5, 5.41) is 0.206. The summed E-state index contributed by atoms with van der Waals surface area (Å²) in [5.74, 6) is -0.247. The second-order valence-corrected chi connectivity index (χ2v) is 3.04. The molecule has 1 rings (SSSR count). The zero-order chi connectivity index (χ0) is 11.1. The molecule has 0 saturated carbocycles. The van der Waals surface area contributed by atoms with Crippen LogP contribution in [-0.4, -0.2) is 22.5 Å². The summed E-state index contributed by atoms with van der Waals surface area (Å²) in [6.45, 7) is 2.17. The highest BCUT2D eigenvalue weighted by atomic mass is 35.5. The zero-order valence-electron chi connectivity index (χ0n) is 8.31. The number of nitrogens with zero attached hydrogens (tertiary/aromatic N) is 2. The van der Waals surface area contributed by atoms with E-state index >= 15 is 0 Å². The van der Waals surface area contributed by atoms with Crippen LogP contribution in [0.25, 0.3) is 6.08 Å². The standard InChI is InChI=1S/C10H11ClN2O2/c1-2-15-9(14)5-3-4-8-6-12-10(11)13-7-8/h3-4,6-7H,2,5H2,1H3. The Hall–Kier alpha value is -1.42. The van der Waals surface area contributed by atoms with E-state index in [4.69, 9.17) is 16.3 Å². The third-order valence-electron chi connectivity index (χ3n) is 1.54. The molecule has 0 saturated heterocycles. The summed E-state index contributed by atoms with van der Waals surface area (Å²) in [6, 6.07) is 0. The van der Waals surface area contributed by atoms with E-state index in [0.717, 1.165) is 5.56 Å². The summed E-state index contributed by atoms with van der Waals surface area (Å²) in [7, 11) is 0. The van der Waals surface area contributed by atoms with Gasteiger partial charge in [-0.05, 0) is 18.5 Å². The van der Waals surface area contributed by atoms with Gasteiger partial charge >= 0.3 is 5.97 Å². The molecule has 0 aliphatic rings. The molecule has 0 aromatic carbocycles. The van der Waals surface area contributed by atoms with Crippen molar-refractivity contribution in [3.05, 3.63) is 29.3 Å². The summed E-state index contributed by atoms with van der Waals surface area (Å²) in [5.41, 5.74) is 0.795. The Morgan fingerprint density at radius 1 is 1.53 bits per heavy atom. The third kappa shape index (κ3) is 4.56. The van der Waals surface area contributed by atoms with Gasteiger partial charge in [-0.1, -0.05) is 12.2 Å². The van der Waals surface area contributed by atoms with Crippen molar-refractivity contribution in [3.63, 3.8) is 0 Å². The summed E-state index contributed by atoms with van der Waals surface area (Å²) < 4.78 is 4.76. The quantitative estimate of drug-likeness (QED) is 0.583. The third-order valence-corrected chi connectivity index (χ3v) is 1.74. The van der Waals surface area contributed by atoms with Crippen molar-refractivity contribution in [2.24, 2.45) is 0 Å². The Morgan fingerprint density at radius 2 is 2.20 bits per heavy atom. The highest BCUT2D eigenvalue weighted by molar-refractivity contribution is 6.28. The maximum absolute atomic E-state index is 11.0. The van der Waals surface area contributed by atoms with Gasteiger partial charge < -0.3 is 4.74 Å². The minimum Gasteiger partial charge on any atom is -0.466 e. The first kappa shape index (κ1) is 11.7. The van der Waals surface area contributed by atoms with E-state index in [9.17, 15) is 4.79 Å². The maximum Gasteiger partial charge on any atom is 0.309 e. The highest BCUT2D eigenvalue weighted by Gasteiger charge is 1.96. The van der Waals surface area contributed by atoms with Gasteiger partial charge in [0, 0.05) is 18.0 Å². The van der Waals surface area contributed by atoms with Crippen LogP contribution in [0.4, 0.5) is 0 Å². The number of rotatable bonds is 4. The Labute approximate surface area is 92.9 Å². The van der Waals surface area contributed by atoms with Crippen molar-refractivity contribution in [3.8, 4) is 0 Å². The molecule has 0 atom stereocenters. The van der Waals surface area contributed by atoms with Crippen molar-refractivity contribution in [1.82, 2.24) is 9.97 Å². The Morgan fingerprint density at radius 3 is 2.80 bits per heavy atom. The number of carbonyl (C=O) groups is 1. The van der Waals surface area contributed by atoms with E-state index in [-0.39, 0.29) is 17.7 Å². The fraction of sp³-hybridized carbons (Fsp3) is 0.300. The van der Waals surface area contributed by atoms with Gasteiger partial charge in [0.1, 0.15) is 0 Å². The minimum atomic E-state index is -0.247. The number of ether oxygens (including phenoxy) is 1. The van der Waals surface area contributed by atoms with Crippen molar-refractivity contribution in [2.75, 3.05) is 6.61 Å². The number of aromatic nitrogens is 2. The highest BCUT2D eigenvalue weighted by Crippen LogP contribution is 2.03. The summed E-state index contributed by atoms with van der Waals surface area (Å²) >= 11 is 5.52. The van der Waals surface area contributed by atoms with Crippen LogP contribution in [0.5, 0.6) is 0 Å². The molecular weight excluding hydrogens is 216 g/mol. The second-order valence-electron chi connectivity index (χ2n) is 2.70. The van der Waals surface area contributed by atoms with Gasteiger partial charge in [0.15, 0.2) is 0 Å². The Balaban J connectivity index is 2.44. The van der Waals surface area contributed by atoms with Crippen molar-refractivity contribution < 1.29 is 9.53 Å². The summed E-state index contributed by atoms with van der Waals surface area (Å²) in [4.78, 5) is 18.6. The van der Waals surface area contributed by atoms with E-state index in [2.05, 4.69) is 9.97 Å². The number of esters is 1. The normalized spacial score (nSPS) is 10.5. The van der Waals surface area contributed by atoms with Gasteiger partial charge in [-0.3, -0.25) is 4.79 Å². The van der Waals surface area contributed by atoms with Gasteiger partial charge in [-0.15, -0.1) is 0 Å². The van der Waals surface area contributed by atoms with Crippen molar-refractivity contribution >= 4 is 23.6 Å². The van der Waals surface area contributed by atoms with Crippen LogP contribution in [0.3, 0.4) is 0 Å². The Bertz CT molecular complexity index is 349. The molecule has 0 radical (unpaired) electrons. The molecule has 5 heteroatoms. The number of hydrogen-bond acceptors (Lipinski definition) is 4. The van der Waals surface area contributed by atoms with Crippen LogP contribution >= 0.6 is 11.6 Å². The number of halogens is 1. The first-order valence-electron chi connectivity index (χ1n) is 4.52. The van der Waals surface area contributed by atoms with E-state index in [1.165, 1.54) is 0 Å². The average Bonchev–Trinajstić information content (AvgIpc) is 2.21. The van der Waals surface area contributed by atoms with Crippen LogP contribution in [0.1, 0.15) is 18.9 Å². The fourth-order valence-electron chi connectivity index (χ4n) is 0.919. The SMILES string of the molecule is CCOC(=O)CC=Cc1cnc(Cl)nc1. The number of hydrogen-bond donors (Lipinski definition) is 0. The molecule has 0 amide bonds. The zero-order valence-corrected chi connectivity index (χ0v) is 9.07. The van der Waals surface area contributed by atoms with Crippen molar-refractivity contribution in [2.45, 2.75) is 13.3 Å². The molecular formula is C10H11ClN2O2. The monoisotopic (exact) mass is 226 g/mol. The molecule has 0 spiro atoms. The van der Waals surface area contributed by atoms with Gasteiger partial charge in [0.25, 0.3) is 0 Å². The first-order chi connectivity index (χ1) is 7.22. The Kier molecular flexibility index (Phi) is 4.77. The van der Waals surface area contributed by atoms with Gasteiger partial charge in [-0.25, -0.2) is 9.97 Å². The van der Waals surface area contributed by atoms with Crippen molar-refractivity contribution in [1.29, 1.82) is 0 Å². The molecule has 80 valence electrons. The predicted octanol–water partition coefficient (Wildman–Crippen LogP) is 2.10. The largest absolute Gasteiger partial charge is 0.466 e. The minimum absolute atomic E-state index is 0.206. The molecule has 15 heavy (non-hydrogen) atoms. The van der Waals surface area contributed by atoms with Crippen LogP contribution in [0.2, 0.25) is 5.28 Å². The van der Waals surface area contributed by atoms with E-state index in [1.54, 1.807) is 31.5 Å². The topological polar surface area (TPSA) is 52.1 Å². The summed E-state index contributed by atoms with van der Waals surface area (Å²) in [6.07, 6.45) is 6.85. The van der Waals surface area contributed by atoms with Crippen LogP contribution in [0, 0.1) is 0 Å². The molecule has 0 fully saturated rings. The van der Waals surface area contributed by atoms with Crippen LogP contribution in [0.15, 0.2) is 18.5 Å². The lowest BCUT2D eigenvalue weighted by molar-refractivity contribution is -0.142. The molecule has 0 bridgehead atoms. The molecule has 1 heterocycles. The molecule has 0 unspecified atom stereocenters. The lowest BCUT2D eigenvalue weighted by atomic mass is 10.3. The van der Waals surface area contributed by atoms with E-state index in [1.807, 2.05) is 0 Å². The lowest BCUT2D eigenvalue weighted by Crippen LogP contribution is -2.01. The molecule has 1 aromatic heterocycles. The van der Waals surface area contributed by atoms with E-state index in [0.29, 0.717) is 6.61 Å². The molecule has 0 aliphatic heterocycles. The molecule has 1 aromatic rings. The number of carbonyl (C=O) groups excluding carboxylic acids is 1. The first-order valence-corrected chi connectivity index (χ1v) is 4.90. The van der Waals surface area contributed by atoms with Gasteiger partial charge in [0.2, 0.25) is 5.28 Å². The second kappa shape index (κ2) is 6.14. The fourth-order valence-corrected chi connectivity index (χ4v) is 1.02.